The number of carboxylic acid groups (broad SMARTS) is 2. The van der Waals surface area contributed by atoms with Crippen LogP contribution in [0.4, 0.5) is 0 Å². The van der Waals surface area contributed by atoms with Gasteiger partial charge in [0.25, 0.3) is 5.91 Å². The van der Waals surface area contributed by atoms with E-state index >= 15 is 0 Å². The summed E-state index contributed by atoms with van der Waals surface area (Å²) in [5, 5.41) is 20.9. The zero-order valence-electron chi connectivity index (χ0n) is 10.7. The molecule has 0 saturated carbocycles. The molecule has 1 aliphatic rings. The third-order valence-electron chi connectivity index (χ3n) is 3.26. The largest absolute Gasteiger partial charge is 0.481 e. The fraction of sp³-hybridized carbons (Fsp3) is 0.308. The lowest BCUT2D eigenvalue weighted by atomic mass is 10.1. The topological polar surface area (TPSA) is 107 Å². The van der Waals surface area contributed by atoms with Crippen LogP contribution in [0.25, 0.3) is 0 Å². The number of carboxylic acids is 2. The molecular formula is C13H14N2O5. The molecule has 1 heterocycles. The molecule has 0 saturated heterocycles. The SMILES string of the molecule is CNC1c2ccccc2C(=O)N1C(CC(=O)O)C(=O)O. The number of rotatable bonds is 5. The average molecular weight is 278 g/mol. The van der Waals surface area contributed by atoms with Crippen molar-refractivity contribution < 1.29 is 24.6 Å². The number of aliphatic carboxylic acids is 2. The molecule has 7 heteroatoms. The highest BCUT2D eigenvalue weighted by atomic mass is 16.4. The molecule has 20 heavy (non-hydrogen) atoms. The van der Waals surface area contributed by atoms with E-state index in [1.54, 1.807) is 31.3 Å². The van der Waals surface area contributed by atoms with Gasteiger partial charge in [0, 0.05) is 11.1 Å². The van der Waals surface area contributed by atoms with Crippen LogP contribution in [0, 0.1) is 0 Å². The van der Waals surface area contributed by atoms with Crippen LogP contribution in [-0.4, -0.2) is 46.0 Å². The van der Waals surface area contributed by atoms with Gasteiger partial charge in [-0.3, -0.25) is 14.9 Å². The predicted octanol–water partition coefficient (Wildman–Crippen LogP) is 0.288. The molecule has 1 aromatic rings. The van der Waals surface area contributed by atoms with Gasteiger partial charge in [0.15, 0.2) is 0 Å². The number of nitrogens with zero attached hydrogens (tertiary/aromatic N) is 1. The van der Waals surface area contributed by atoms with Gasteiger partial charge in [-0.25, -0.2) is 4.79 Å². The highest BCUT2D eigenvalue weighted by Gasteiger charge is 2.43. The number of carbonyl (C=O) groups is 3. The number of hydrogen-bond acceptors (Lipinski definition) is 4. The third-order valence-corrected chi connectivity index (χ3v) is 3.26. The summed E-state index contributed by atoms with van der Waals surface area (Å²) in [5.74, 6) is -3.08. The highest BCUT2D eigenvalue weighted by molar-refractivity contribution is 6.01. The van der Waals surface area contributed by atoms with Gasteiger partial charge >= 0.3 is 11.9 Å². The second-order valence-corrected chi connectivity index (χ2v) is 4.44. The van der Waals surface area contributed by atoms with Crippen molar-refractivity contribution in [3.63, 3.8) is 0 Å². The van der Waals surface area contributed by atoms with Gasteiger partial charge in [0.2, 0.25) is 0 Å². The minimum atomic E-state index is -1.41. The van der Waals surface area contributed by atoms with Crippen molar-refractivity contribution in [2.45, 2.75) is 18.6 Å². The van der Waals surface area contributed by atoms with E-state index in [2.05, 4.69) is 5.32 Å². The van der Waals surface area contributed by atoms with Crippen LogP contribution in [0.1, 0.15) is 28.5 Å². The van der Waals surface area contributed by atoms with Gasteiger partial charge in [0.05, 0.1) is 6.42 Å². The lowest BCUT2D eigenvalue weighted by molar-refractivity contribution is -0.149. The van der Waals surface area contributed by atoms with E-state index in [4.69, 9.17) is 5.11 Å². The van der Waals surface area contributed by atoms with E-state index in [9.17, 15) is 19.5 Å². The van der Waals surface area contributed by atoms with E-state index in [-0.39, 0.29) is 0 Å². The third kappa shape index (κ3) is 2.23. The highest BCUT2D eigenvalue weighted by Crippen LogP contribution is 2.33. The molecule has 2 atom stereocenters. The molecule has 0 spiro atoms. The van der Waals surface area contributed by atoms with Crippen molar-refractivity contribution in [1.29, 1.82) is 0 Å². The molecule has 0 aliphatic carbocycles. The van der Waals surface area contributed by atoms with Crippen LogP contribution >= 0.6 is 0 Å². The summed E-state index contributed by atoms with van der Waals surface area (Å²) in [6.07, 6.45) is -1.29. The maximum atomic E-state index is 12.3. The van der Waals surface area contributed by atoms with E-state index in [0.29, 0.717) is 11.1 Å². The van der Waals surface area contributed by atoms with Crippen molar-refractivity contribution in [1.82, 2.24) is 10.2 Å². The maximum absolute atomic E-state index is 12.3. The van der Waals surface area contributed by atoms with Gasteiger partial charge in [0.1, 0.15) is 12.2 Å². The van der Waals surface area contributed by atoms with Crippen LogP contribution in [0.2, 0.25) is 0 Å². The molecule has 0 bridgehead atoms. The van der Waals surface area contributed by atoms with Crippen molar-refractivity contribution >= 4 is 17.8 Å². The molecule has 7 nitrogen and oxygen atoms in total. The first-order chi connectivity index (χ1) is 9.47. The molecule has 0 radical (unpaired) electrons. The van der Waals surface area contributed by atoms with Crippen LogP contribution in [0.5, 0.6) is 0 Å². The minimum Gasteiger partial charge on any atom is -0.481 e. The second kappa shape index (κ2) is 5.30. The van der Waals surface area contributed by atoms with Crippen molar-refractivity contribution in [2.24, 2.45) is 0 Å². The van der Waals surface area contributed by atoms with Crippen molar-refractivity contribution in [3.05, 3.63) is 35.4 Å². The molecule has 0 aromatic heterocycles. The number of hydrogen-bond donors (Lipinski definition) is 3. The number of carbonyl (C=O) groups excluding carboxylic acids is 1. The Labute approximate surface area is 114 Å². The van der Waals surface area contributed by atoms with Crippen LogP contribution in [-0.2, 0) is 9.59 Å². The Morgan fingerprint density at radius 1 is 1.35 bits per heavy atom. The van der Waals surface area contributed by atoms with Crippen LogP contribution in [0.15, 0.2) is 24.3 Å². The summed E-state index contributed by atoms with van der Waals surface area (Å²) in [4.78, 5) is 35.5. The van der Waals surface area contributed by atoms with Gasteiger partial charge in [-0.05, 0) is 13.1 Å². The molecule has 2 rings (SSSR count). The standard InChI is InChI=1S/C13H14N2O5/c1-14-11-7-4-2-3-5-8(7)12(18)15(11)9(13(19)20)6-10(16)17/h2-5,9,11,14H,6H2,1H3,(H,16,17)(H,19,20). The molecule has 106 valence electrons. The zero-order valence-corrected chi connectivity index (χ0v) is 10.7. The monoisotopic (exact) mass is 278 g/mol. The first-order valence-electron chi connectivity index (χ1n) is 6.00. The fourth-order valence-corrected chi connectivity index (χ4v) is 2.42. The molecular weight excluding hydrogens is 264 g/mol. The van der Waals surface area contributed by atoms with E-state index in [1.807, 2.05) is 0 Å². The van der Waals surface area contributed by atoms with Gasteiger partial charge in [-0.1, -0.05) is 18.2 Å². The number of nitrogens with one attached hydrogen (secondary N) is 1. The first-order valence-corrected chi connectivity index (χ1v) is 6.00. The Kier molecular flexibility index (Phi) is 3.71. The molecule has 1 aliphatic heterocycles. The average Bonchev–Trinajstić information content (AvgIpc) is 2.68. The molecule has 1 aromatic carbocycles. The number of amides is 1. The summed E-state index contributed by atoms with van der Waals surface area (Å²) < 4.78 is 0. The second-order valence-electron chi connectivity index (χ2n) is 4.44. The van der Waals surface area contributed by atoms with Gasteiger partial charge in [-0.15, -0.1) is 0 Å². The predicted molar refractivity (Wildman–Crippen MR) is 68.1 cm³/mol. The Hall–Kier alpha value is -2.41. The molecule has 2 unspecified atom stereocenters. The first kappa shape index (κ1) is 14.0. The molecule has 3 N–H and O–H groups in total. The summed E-state index contributed by atoms with van der Waals surface area (Å²) in [6.45, 7) is 0. The van der Waals surface area contributed by atoms with E-state index in [0.717, 1.165) is 4.90 Å². The zero-order chi connectivity index (χ0) is 14.9. The number of fused-ring (bicyclic) bond motifs is 1. The fourth-order valence-electron chi connectivity index (χ4n) is 2.42. The van der Waals surface area contributed by atoms with Crippen LogP contribution in [0.3, 0.4) is 0 Å². The van der Waals surface area contributed by atoms with Crippen molar-refractivity contribution in [2.75, 3.05) is 7.05 Å². The quantitative estimate of drug-likeness (QED) is 0.714. The van der Waals surface area contributed by atoms with Crippen molar-refractivity contribution in [3.8, 4) is 0 Å². The number of benzene rings is 1. The lowest BCUT2D eigenvalue weighted by Gasteiger charge is -2.29. The summed E-state index contributed by atoms with van der Waals surface area (Å²) >= 11 is 0. The lowest BCUT2D eigenvalue weighted by Crippen LogP contribution is -2.47. The molecule has 1 amide bonds. The summed E-state index contributed by atoms with van der Waals surface area (Å²) in [6, 6.07) is 5.33. The minimum absolute atomic E-state index is 0.392. The Bertz CT molecular complexity index is 572. The smallest absolute Gasteiger partial charge is 0.327 e. The van der Waals surface area contributed by atoms with E-state index < -0.39 is 36.5 Å². The van der Waals surface area contributed by atoms with Gasteiger partial charge in [-0.2, -0.15) is 0 Å². The summed E-state index contributed by atoms with van der Waals surface area (Å²) in [7, 11) is 1.59. The van der Waals surface area contributed by atoms with E-state index in [1.165, 1.54) is 0 Å². The van der Waals surface area contributed by atoms with Crippen LogP contribution < -0.4 is 5.32 Å². The maximum Gasteiger partial charge on any atom is 0.327 e. The van der Waals surface area contributed by atoms with Gasteiger partial charge < -0.3 is 15.1 Å². The normalized spacial score (nSPS) is 18.8. The summed E-state index contributed by atoms with van der Waals surface area (Å²) in [5.41, 5.74) is 1.04. The Morgan fingerprint density at radius 2 is 2.00 bits per heavy atom. The Balaban J connectivity index is 2.43. The Morgan fingerprint density at radius 3 is 2.55 bits per heavy atom. The molecule has 0 fully saturated rings.